The summed E-state index contributed by atoms with van der Waals surface area (Å²) in [6, 6.07) is 6.29. The summed E-state index contributed by atoms with van der Waals surface area (Å²) in [7, 11) is 0. The molecule has 1 fully saturated rings. The lowest BCUT2D eigenvalue weighted by Crippen LogP contribution is -2.23. The molecule has 0 radical (unpaired) electrons. The Labute approximate surface area is 84.7 Å². The smallest absolute Gasteiger partial charge is 0.0633 e. The number of para-hydroxylation sites is 1. The van der Waals surface area contributed by atoms with Gasteiger partial charge in [-0.3, -0.25) is 0 Å². The maximum Gasteiger partial charge on any atom is 0.0633 e. The van der Waals surface area contributed by atoms with Crippen LogP contribution in [0.15, 0.2) is 18.2 Å². The van der Waals surface area contributed by atoms with E-state index in [9.17, 15) is 0 Å². The molecule has 1 heterocycles. The minimum atomic E-state index is 0.945. The fraction of sp³-hybridized carbons (Fsp3) is 0.500. The van der Waals surface area contributed by atoms with Crippen molar-refractivity contribution in [1.29, 1.82) is 0 Å². The van der Waals surface area contributed by atoms with Crippen LogP contribution in [0.25, 0.3) is 0 Å². The van der Waals surface area contributed by atoms with Crippen molar-refractivity contribution in [2.75, 3.05) is 23.7 Å². The molecule has 2 nitrogen and oxygen atoms in total. The summed E-state index contributed by atoms with van der Waals surface area (Å²) in [4.78, 5) is 2.47. The second kappa shape index (κ2) is 2.91. The number of hydrogen-bond acceptors (Lipinski definition) is 2. The number of hydrogen-bond donors (Lipinski definition) is 1. The van der Waals surface area contributed by atoms with E-state index < -0.39 is 0 Å². The number of rotatable bonds is 2. The van der Waals surface area contributed by atoms with Crippen LogP contribution >= 0.6 is 0 Å². The van der Waals surface area contributed by atoms with E-state index in [0.717, 1.165) is 11.6 Å². The van der Waals surface area contributed by atoms with E-state index in [1.807, 2.05) is 6.07 Å². The van der Waals surface area contributed by atoms with E-state index in [-0.39, 0.29) is 0 Å². The van der Waals surface area contributed by atoms with E-state index in [1.165, 1.54) is 43.6 Å². The predicted octanol–water partition coefficient (Wildman–Crippen LogP) is 2.04. The lowest BCUT2D eigenvalue weighted by atomic mass is 10.1. The third kappa shape index (κ3) is 1.26. The molecule has 1 saturated carbocycles. The quantitative estimate of drug-likeness (QED) is 0.720. The summed E-state index contributed by atoms with van der Waals surface area (Å²) in [6.07, 6.45) is 4.00. The van der Waals surface area contributed by atoms with Gasteiger partial charge in [0.2, 0.25) is 0 Å². The Morgan fingerprint density at radius 2 is 2.21 bits per heavy atom. The number of nitrogens with two attached hydrogens (primary N) is 1. The van der Waals surface area contributed by atoms with Gasteiger partial charge in [-0.1, -0.05) is 12.1 Å². The van der Waals surface area contributed by atoms with Gasteiger partial charge < -0.3 is 10.6 Å². The monoisotopic (exact) mass is 188 g/mol. The summed E-state index contributed by atoms with van der Waals surface area (Å²) < 4.78 is 0. The van der Waals surface area contributed by atoms with Crippen molar-refractivity contribution in [3.8, 4) is 0 Å². The summed E-state index contributed by atoms with van der Waals surface area (Å²) in [5, 5.41) is 0. The molecule has 0 spiro atoms. The van der Waals surface area contributed by atoms with Crippen LogP contribution < -0.4 is 10.6 Å². The second-order valence-corrected chi connectivity index (χ2v) is 4.49. The largest absolute Gasteiger partial charge is 0.397 e. The van der Waals surface area contributed by atoms with E-state index in [2.05, 4.69) is 17.0 Å². The average molecular weight is 188 g/mol. The third-order valence-corrected chi connectivity index (χ3v) is 3.29. The minimum Gasteiger partial charge on any atom is -0.397 e. The molecule has 1 aliphatic carbocycles. The Balaban J connectivity index is 1.91. The molecule has 3 rings (SSSR count). The number of anilines is 2. The Bertz CT molecular complexity index is 355. The first-order valence-electron chi connectivity index (χ1n) is 5.47. The van der Waals surface area contributed by atoms with Crippen LogP contribution in [0, 0.1) is 5.92 Å². The highest BCUT2D eigenvalue weighted by Gasteiger charge is 2.28. The lowest BCUT2D eigenvalue weighted by Gasteiger charge is -2.20. The van der Waals surface area contributed by atoms with Gasteiger partial charge in [-0.05, 0) is 36.8 Å². The standard InChI is InChI=1S/C12H16N2/c13-11-3-1-2-10-6-7-14(12(10)11)8-9-4-5-9/h1-3,9H,4-8,13H2. The molecule has 0 amide bonds. The SMILES string of the molecule is Nc1cccc2c1N(CC1CC1)CC2. The number of fused-ring (bicyclic) bond motifs is 1. The van der Waals surface area contributed by atoms with Crippen molar-refractivity contribution in [1.82, 2.24) is 0 Å². The molecule has 0 saturated heterocycles. The number of nitrogen functional groups attached to an aromatic ring is 1. The molecule has 0 aromatic heterocycles. The van der Waals surface area contributed by atoms with Crippen molar-refractivity contribution >= 4 is 11.4 Å². The molecule has 2 aliphatic rings. The molecule has 2 N–H and O–H groups in total. The number of benzene rings is 1. The molecule has 0 atom stereocenters. The van der Waals surface area contributed by atoms with Crippen molar-refractivity contribution in [3.63, 3.8) is 0 Å². The van der Waals surface area contributed by atoms with Crippen LogP contribution in [0.2, 0.25) is 0 Å². The second-order valence-electron chi connectivity index (χ2n) is 4.49. The van der Waals surface area contributed by atoms with Crippen molar-refractivity contribution in [2.45, 2.75) is 19.3 Å². The zero-order valence-electron chi connectivity index (χ0n) is 8.37. The van der Waals surface area contributed by atoms with Gasteiger partial charge in [-0.25, -0.2) is 0 Å². The first-order chi connectivity index (χ1) is 6.84. The van der Waals surface area contributed by atoms with Gasteiger partial charge in [-0.15, -0.1) is 0 Å². The van der Waals surface area contributed by atoms with Gasteiger partial charge in [0.1, 0.15) is 0 Å². The van der Waals surface area contributed by atoms with Gasteiger partial charge in [0.05, 0.1) is 11.4 Å². The van der Waals surface area contributed by atoms with Crippen LogP contribution in [0.3, 0.4) is 0 Å². The molecule has 14 heavy (non-hydrogen) atoms. The van der Waals surface area contributed by atoms with Crippen LogP contribution in [-0.4, -0.2) is 13.1 Å². The molecule has 74 valence electrons. The molecule has 1 aromatic carbocycles. The Morgan fingerprint density at radius 1 is 1.36 bits per heavy atom. The number of nitrogens with zero attached hydrogens (tertiary/aromatic N) is 1. The highest BCUT2D eigenvalue weighted by atomic mass is 15.2. The van der Waals surface area contributed by atoms with Gasteiger partial charge in [0.15, 0.2) is 0 Å². The van der Waals surface area contributed by atoms with Gasteiger partial charge >= 0.3 is 0 Å². The highest BCUT2D eigenvalue weighted by molar-refractivity contribution is 5.74. The highest BCUT2D eigenvalue weighted by Crippen LogP contribution is 2.38. The fourth-order valence-electron chi connectivity index (χ4n) is 2.36. The van der Waals surface area contributed by atoms with Crippen molar-refractivity contribution in [2.24, 2.45) is 5.92 Å². The maximum absolute atomic E-state index is 6.02. The minimum absolute atomic E-state index is 0.945. The van der Waals surface area contributed by atoms with Crippen LogP contribution in [0.4, 0.5) is 11.4 Å². The Morgan fingerprint density at radius 3 is 3.00 bits per heavy atom. The topological polar surface area (TPSA) is 29.3 Å². The van der Waals surface area contributed by atoms with E-state index in [1.54, 1.807) is 0 Å². The zero-order valence-corrected chi connectivity index (χ0v) is 8.37. The predicted molar refractivity (Wildman–Crippen MR) is 59.5 cm³/mol. The molecule has 1 aromatic rings. The van der Waals surface area contributed by atoms with E-state index in [0.29, 0.717) is 0 Å². The molecule has 0 bridgehead atoms. The first kappa shape index (κ1) is 8.16. The molecule has 2 heteroatoms. The summed E-state index contributed by atoms with van der Waals surface area (Å²) in [6.45, 7) is 2.39. The summed E-state index contributed by atoms with van der Waals surface area (Å²) in [5.74, 6) is 0.945. The van der Waals surface area contributed by atoms with Crippen LogP contribution in [-0.2, 0) is 6.42 Å². The molecular formula is C12H16N2. The molecular weight excluding hydrogens is 172 g/mol. The summed E-state index contributed by atoms with van der Waals surface area (Å²) >= 11 is 0. The van der Waals surface area contributed by atoms with Crippen molar-refractivity contribution < 1.29 is 0 Å². The Kier molecular flexibility index (Phi) is 1.69. The first-order valence-corrected chi connectivity index (χ1v) is 5.47. The lowest BCUT2D eigenvalue weighted by molar-refractivity contribution is 0.748. The molecule has 1 aliphatic heterocycles. The summed E-state index contributed by atoms with van der Waals surface area (Å²) in [5.41, 5.74) is 9.73. The van der Waals surface area contributed by atoms with Crippen LogP contribution in [0.1, 0.15) is 18.4 Å². The average Bonchev–Trinajstić information content (AvgIpc) is 2.88. The van der Waals surface area contributed by atoms with Gasteiger partial charge in [0, 0.05) is 13.1 Å². The Hall–Kier alpha value is -1.18. The third-order valence-electron chi connectivity index (χ3n) is 3.29. The maximum atomic E-state index is 6.02. The van der Waals surface area contributed by atoms with Gasteiger partial charge in [0.25, 0.3) is 0 Å². The zero-order chi connectivity index (χ0) is 9.54. The van der Waals surface area contributed by atoms with E-state index >= 15 is 0 Å². The van der Waals surface area contributed by atoms with Gasteiger partial charge in [-0.2, -0.15) is 0 Å². The van der Waals surface area contributed by atoms with E-state index in [4.69, 9.17) is 5.73 Å². The normalized spacial score (nSPS) is 19.9. The fourth-order valence-corrected chi connectivity index (χ4v) is 2.36. The van der Waals surface area contributed by atoms with Crippen LogP contribution in [0.5, 0.6) is 0 Å². The van der Waals surface area contributed by atoms with Crippen molar-refractivity contribution in [3.05, 3.63) is 23.8 Å². The molecule has 0 unspecified atom stereocenters.